The monoisotopic (exact) mass is 395 g/mol. The number of rotatable bonds is 6. The Morgan fingerprint density at radius 2 is 1.93 bits per heavy atom. The number of aromatic nitrogens is 4. The van der Waals surface area contributed by atoms with E-state index in [4.69, 9.17) is 0 Å². The first-order valence-electron chi connectivity index (χ1n) is 9.37. The SMILES string of the molecule is Cc1nn(C)c(C)c1CC(C)C(=O)Nc1cccc(-n2ncc(C(=O)O)c2C)c1. The minimum Gasteiger partial charge on any atom is -0.478 e. The third-order valence-corrected chi connectivity index (χ3v) is 5.22. The molecule has 0 aliphatic carbocycles. The number of benzene rings is 1. The summed E-state index contributed by atoms with van der Waals surface area (Å²) in [6.07, 6.45) is 1.93. The van der Waals surface area contributed by atoms with Crippen LogP contribution in [0.2, 0.25) is 0 Å². The molecule has 3 aromatic rings. The molecule has 0 bridgehead atoms. The van der Waals surface area contributed by atoms with Crippen molar-refractivity contribution in [2.24, 2.45) is 13.0 Å². The molecule has 1 aromatic carbocycles. The van der Waals surface area contributed by atoms with Crippen molar-refractivity contribution in [1.82, 2.24) is 19.6 Å². The number of carboxylic acids is 1. The third-order valence-electron chi connectivity index (χ3n) is 5.22. The van der Waals surface area contributed by atoms with Gasteiger partial charge in [-0.15, -0.1) is 0 Å². The van der Waals surface area contributed by atoms with Crippen molar-refractivity contribution < 1.29 is 14.7 Å². The first-order chi connectivity index (χ1) is 13.7. The van der Waals surface area contributed by atoms with Gasteiger partial charge in [-0.2, -0.15) is 10.2 Å². The Kier molecular flexibility index (Phi) is 5.54. The van der Waals surface area contributed by atoms with Gasteiger partial charge in [0.1, 0.15) is 5.56 Å². The lowest BCUT2D eigenvalue weighted by Gasteiger charge is -2.14. The van der Waals surface area contributed by atoms with Crippen LogP contribution in [0.25, 0.3) is 5.69 Å². The Morgan fingerprint density at radius 3 is 2.52 bits per heavy atom. The van der Waals surface area contributed by atoms with E-state index in [1.807, 2.05) is 38.6 Å². The second kappa shape index (κ2) is 7.90. The van der Waals surface area contributed by atoms with Crippen LogP contribution in [-0.2, 0) is 18.3 Å². The number of carboxylic acid groups (broad SMARTS) is 1. The van der Waals surface area contributed by atoms with E-state index in [9.17, 15) is 14.7 Å². The van der Waals surface area contributed by atoms with Crippen LogP contribution in [0.3, 0.4) is 0 Å². The maximum Gasteiger partial charge on any atom is 0.339 e. The van der Waals surface area contributed by atoms with Crippen LogP contribution in [0.5, 0.6) is 0 Å². The van der Waals surface area contributed by atoms with E-state index in [2.05, 4.69) is 15.5 Å². The third kappa shape index (κ3) is 4.06. The van der Waals surface area contributed by atoms with Crippen LogP contribution in [0, 0.1) is 26.7 Å². The second-order valence-electron chi connectivity index (χ2n) is 7.28. The van der Waals surface area contributed by atoms with Gasteiger partial charge in [0.05, 0.1) is 23.3 Å². The molecule has 2 heterocycles. The van der Waals surface area contributed by atoms with E-state index in [0.717, 1.165) is 17.0 Å². The first-order valence-corrected chi connectivity index (χ1v) is 9.37. The van der Waals surface area contributed by atoms with Gasteiger partial charge in [0, 0.05) is 24.3 Å². The minimum absolute atomic E-state index is 0.0896. The van der Waals surface area contributed by atoms with E-state index >= 15 is 0 Å². The number of aromatic carboxylic acids is 1. The quantitative estimate of drug-likeness (QED) is 0.668. The molecular formula is C21H25N5O3. The summed E-state index contributed by atoms with van der Waals surface area (Å²) < 4.78 is 3.38. The summed E-state index contributed by atoms with van der Waals surface area (Å²) >= 11 is 0. The van der Waals surface area contributed by atoms with Crippen molar-refractivity contribution in [3.63, 3.8) is 0 Å². The fourth-order valence-electron chi connectivity index (χ4n) is 3.37. The number of hydrogen-bond donors (Lipinski definition) is 2. The van der Waals surface area contributed by atoms with Gasteiger partial charge in [0.25, 0.3) is 0 Å². The van der Waals surface area contributed by atoms with Crippen molar-refractivity contribution in [3.05, 3.63) is 58.7 Å². The number of carbonyl (C=O) groups is 2. The Balaban J connectivity index is 1.76. The summed E-state index contributed by atoms with van der Waals surface area (Å²) in [4.78, 5) is 24.0. The number of anilines is 1. The number of nitrogens with one attached hydrogen (secondary N) is 1. The average Bonchev–Trinajstić information content (AvgIpc) is 3.16. The van der Waals surface area contributed by atoms with Gasteiger partial charge in [-0.1, -0.05) is 13.0 Å². The van der Waals surface area contributed by atoms with Gasteiger partial charge in [-0.05, 0) is 51.0 Å². The zero-order valence-electron chi connectivity index (χ0n) is 17.2. The number of hydrogen-bond acceptors (Lipinski definition) is 4. The Morgan fingerprint density at radius 1 is 1.21 bits per heavy atom. The zero-order chi connectivity index (χ0) is 21.3. The van der Waals surface area contributed by atoms with Crippen molar-refractivity contribution in [1.29, 1.82) is 0 Å². The van der Waals surface area contributed by atoms with Gasteiger partial charge in [-0.3, -0.25) is 9.48 Å². The van der Waals surface area contributed by atoms with Crippen LogP contribution >= 0.6 is 0 Å². The Labute approximate surface area is 169 Å². The predicted octanol–water partition coefficient (Wildman–Crippen LogP) is 3.05. The molecule has 0 saturated carbocycles. The van der Waals surface area contributed by atoms with Crippen LogP contribution in [0.1, 0.15) is 39.9 Å². The molecule has 0 aliphatic heterocycles. The highest BCUT2D eigenvalue weighted by Gasteiger charge is 2.19. The lowest BCUT2D eigenvalue weighted by atomic mass is 9.99. The van der Waals surface area contributed by atoms with E-state index in [-0.39, 0.29) is 17.4 Å². The lowest BCUT2D eigenvalue weighted by molar-refractivity contribution is -0.119. The maximum absolute atomic E-state index is 12.7. The standard InChI is InChI=1S/C21H25N5O3/c1-12(9-18-13(2)24-25(5)14(18)3)20(27)23-16-7-6-8-17(10-16)26-15(4)19(11-22-26)21(28)29/h6-8,10-12H,9H2,1-5H3,(H,23,27)(H,28,29). The van der Waals surface area contributed by atoms with Crippen LogP contribution in [0.15, 0.2) is 30.5 Å². The number of amides is 1. The molecule has 1 atom stereocenters. The van der Waals surface area contributed by atoms with Crippen molar-refractivity contribution >= 4 is 17.6 Å². The molecule has 2 N–H and O–H groups in total. The zero-order valence-corrected chi connectivity index (χ0v) is 17.2. The van der Waals surface area contributed by atoms with E-state index in [1.54, 1.807) is 29.8 Å². The van der Waals surface area contributed by atoms with Crippen LogP contribution < -0.4 is 5.32 Å². The van der Waals surface area contributed by atoms with Gasteiger partial charge >= 0.3 is 5.97 Å². The van der Waals surface area contributed by atoms with Gasteiger partial charge in [0.2, 0.25) is 5.91 Å². The largest absolute Gasteiger partial charge is 0.478 e. The smallest absolute Gasteiger partial charge is 0.339 e. The average molecular weight is 395 g/mol. The Bertz CT molecular complexity index is 1080. The molecule has 0 fully saturated rings. The fraction of sp³-hybridized carbons (Fsp3) is 0.333. The number of nitrogens with zero attached hydrogens (tertiary/aromatic N) is 4. The second-order valence-corrected chi connectivity index (χ2v) is 7.28. The molecule has 0 spiro atoms. The summed E-state index contributed by atoms with van der Waals surface area (Å²) in [5, 5.41) is 20.7. The molecule has 8 heteroatoms. The fourth-order valence-corrected chi connectivity index (χ4v) is 3.37. The first kappa shape index (κ1) is 20.3. The molecule has 0 saturated heterocycles. The molecule has 1 amide bonds. The van der Waals surface area contributed by atoms with Gasteiger partial charge in [-0.25, -0.2) is 9.48 Å². The summed E-state index contributed by atoms with van der Waals surface area (Å²) in [5.41, 5.74) is 5.08. The van der Waals surface area contributed by atoms with Crippen LogP contribution in [0.4, 0.5) is 5.69 Å². The van der Waals surface area contributed by atoms with Gasteiger partial charge in [0.15, 0.2) is 0 Å². The van der Waals surface area contributed by atoms with Crippen LogP contribution in [-0.4, -0.2) is 36.5 Å². The normalized spacial score (nSPS) is 12.0. The lowest BCUT2D eigenvalue weighted by Crippen LogP contribution is -2.22. The van der Waals surface area contributed by atoms with E-state index in [0.29, 0.717) is 23.5 Å². The molecule has 29 heavy (non-hydrogen) atoms. The summed E-state index contributed by atoms with van der Waals surface area (Å²) in [6, 6.07) is 7.18. The summed E-state index contributed by atoms with van der Waals surface area (Å²) in [6.45, 7) is 7.54. The molecule has 1 unspecified atom stereocenters. The molecule has 152 valence electrons. The molecule has 0 aliphatic rings. The number of aryl methyl sites for hydroxylation is 2. The topological polar surface area (TPSA) is 102 Å². The highest BCUT2D eigenvalue weighted by molar-refractivity contribution is 5.93. The molecule has 2 aromatic heterocycles. The molecule has 3 rings (SSSR count). The summed E-state index contributed by atoms with van der Waals surface area (Å²) in [5.74, 6) is -1.34. The number of carbonyl (C=O) groups excluding carboxylic acids is 1. The van der Waals surface area contributed by atoms with E-state index in [1.165, 1.54) is 6.20 Å². The van der Waals surface area contributed by atoms with E-state index < -0.39 is 5.97 Å². The maximum atomic E-state index is 12.7. The molecular weight excluding hydrogens is 370 g/mol. The minimum atomic E-state index is -1.02. The van der Waals surface area contributed by atoms with Crippen molar-refractivity contribution in [2.75, 3.05) is 5.32 Å². The van der Waals surface area contributed by atoms with Crippen molar-refractivity contribution in [3.8, 4) is 5.69 Å². The predicted molar refractivity (Wildman–Crippen MR) is 109 cm³/mol. The molecule has 8 nitrogen and oxygen atoms in total. The van der Waals surface area contributed by atoms with Gasteiger partial charge < -0.3 is 10.4 Å². The summed E-state index contributed by atoms with van der Waals surface area (Å²) in [7, 11) is 1.90. The van der Waals surface area contributed by atoms with Crippen molar-refractivity contribution in [2.45, 2.75) is 34.1 Å². The highest BCUT2D eigenvalue weighted by atomic mass is 16.4. The highest BCUT2D eigenvalue weighted by Crippen LogP contribution is 2.21. The Hall–Kier alpha value is -3.42. The molecule has 0 radical (unpaired) electrons.